The zero-order chi connectivity index (χ0) is 19.7. The van der Waals surface area contributed by atoms with Crippen molar-refractivity contribution < 1.29 is 9.21 Å². The second-order valence-corrected chi connectivity index (χ2v) is 8.83. The first kappa shape index (κ1) is 19.3. The van der Waals surface area contributed by atoms with Crippen molar-refractivity contribution in [3.05, 3.63) is 36.8 Å². The van der Waals surface area contributed by atoms with Gasteiger partial charge >= 0.3 is 0 Å². The Morgan fingerprint density at radius 3 is 2.64 bits per heavy atom. The van der Waals surface area contributed by atoms with Crippen molar-refractivity contribution in [2.24, 2.45) is 0 Å². The fourth-order valence-electron chi connectivity index (χ4n) is 3.28. The average Bonchev–Trinajstić information content (AvgIpc) is 3.35. The van der Waals surface area contributed by atoms with Crippen molar-refractivity contribution in [2.45, 2.75) is 29.2 Å². The summed E-state index contributed by atoms with van der Waals surface area (Å²) in [5, 5.41) is 2.67. The number of halogens is 3. The molecule has 0 unspecified atom stereocenters. The van der Waals surface area contributed by atoms with Crippen molar-refractivity contribution in [1.29, 1.82) is 0 Å². The van der Waals surface area contributed by atoms with Gasteiger partial charge in [-0.1, -0.05) is 34.8 Å². The molecule has 1 N–H and O–H groups in total. The quantitative estimate of drug-likeness (QED) is 0.618. The molecule has 0 aromatic carbocycles. The lowest BCUT2D eigenvalue weighted by Crippen LogP contribution is -2.40. The molecule has 0 spiro atoms. The van der Waals surface area contributed by atoms with Gasteiger partial charge in [0.1, 0.15) is 6.33 Å². The van der Waals surface area contributed by atoms with Crippen LogP contribution in [0.3, 0.4) is 0 Å². The Kier molecular flexibility index (Phi) is 5.35. The van der Waals surface area contributed by atoms with E-state index in [-0.39, 0.29) is 5.76 Å². The topological polar surface area (TPSA) is 89.1 Å². The number of carbonyl (C=O) groups is 1. The monoisotopic (exact) mass is 442 g/mol. The molecule has 3 aromatic rings. The summed E-state index contributed by atoms with van der Waals surface area (Å²) in [4.78, 5) is 27.8. The average molecular weight is 444 g/mol. The number of fused-ring (bicyclic) bond motifs is 1. The van der Waals surface area contributed by atoms with Gasteiger partial charge in [0.05, 0.1) is 12.6 Å². The number of furan rings is 1. The zero-order valence-electron chi connectivity index (χ0n) is 14.7. The number of aromatic nitrogens is 4. The van der Waals surface area contributed by atoms with Crippen LogP contribution < -0.4 is 10.2 Å². The van der Waals surface area contributed by atoms with Crippen LogP contribution in [0, 0.1) is 0 Å². The van der Waals surface area contributed by atoms with E-state index in [1.165, 1.54) is 36.0 Å². The van der Waals surface area contributed by atoms with Crippen LogP contribution in [-0.4, -0.2) is 42.3 Å². The van der Waals surface area contributed by atoms with E-state index in [0.717, 1.165) is 31.7 Å². The maximum Gasteiger partial charge on any atom is 0.288 e. The Balaban J connectivity index is 1.71. The molecule has 1 atom stereocenters. The van der Waals surface area contributed by atoms with Crippen LogP contribution in [0.2, 0.25) is 0 Å². The summed E-state index contributed by atoms with van der Waals surface area (Å²) in [7, 11) is 0. The van der Waals surface area contributed by atoms with E-state index in [1.54, 1.807) is 6.07 Å². The van der Waals surface area contributed by atoms with E-state index in [9.17, 15) is 4.79 Å². The highest BCUT2D eigenvalue weighted by Crippen LogP contribution is 2.38. The lowest BCUT2D eigenvalue weighted by atomic mass is 10.1. The maximum atomic E-state index is 12.5. The van der Waals surface area contributed by atoms with Crippen LogP contribution in [0.25, 0.3) is 11.2 Å². The number of hydrogen-bond acceptors (Lipinski definition) is 6. The molecule has 148 valence electrons. The molecule has 1 aliphatic rings. The minimum Gasteiger partial charge on any atom is -0.459 e. The standard InChI is InChI=1S/C17H17Cl3N6O2/c18-17(19,20)16(24-15(27)11-5-4-8-28-11)26-10-23-12-13(21-9-22-14(12)26)25-6-2-1-3-7-25/h4-5,8-10,16H,1-3,6-7H2,(H,24,27)/t16-/m0/s1. The highest BCUT2D eigenvalue weighted by Gasteiger charge is 2.37. The molecule has 4 rings (SSSR count). The van der Waals surface area contributed by atoms with Gasteiger partial charge in [0.2, 0.25) is 3.79 Å². The number of anilines is 1. The number of hydrogen-bond donors (Lipinski definition) is 1. The summed E-state index contributed by atoms with van der Waals surface area (Å²) in [5.41, 5.74) is 1.06. The molecule has 0 radical (unpaired) electrons. The van der Waals surface area contributed by atoms with Gasteiger partial charge in [0.15, 0.2) is 28.9 Å². The SMILES string of the molecule is O=C(N[C@@H](n1cnc2c(N3CCCCC3)ncnc21)C(Cl)(Cl)Cl)c1ccco1. The van der Waals surface area contributed by atoms with E-state index in [1.807, 2.05) is 0 Å². The smallest absolute Gasteiger partial charge is 0.288 e. The second-order valence-electron chi connectivity index (χ2n) is 6.46. The minimum absolute atomic E-state index is 0.104. The molecule has 1 aliphatic heterocycles. The second kappa shape index (κ2) is 7.77. The Hall–Kier alpha value is -2.03. The summed E-state index contributed by atoms with van der Waals surface area (Å²) in [5.74, 6) is 0.324. The zero-order valence-corrected chi connectivity index (χ0v) is 17.0. The predicted octanol–water partition coefficient (Wildman–Crippen LogP) is 3.71. The van der Waals surface area contributed by atoms with Crippen LogP contribution in [0.1, 0.15) is 36.0 Å². The minimum atomic E-state index is -1.86. The fourth-order valence-corrected chi connectivity index (χ4v) is 3.76. The molecule has 8 nitrogen and oxygen atoms in total. The number of amides is 1. The van der Waals surface area contributed by atoms with Crippen molar-refractivity contribution in [3.63, 3.8) is 0 Å². The normalized spacial score (nSPS) is 16.3. The molecule has 1 amide bonds. The lowest BCUT2D eigenvalue weighted by molar-refractivity contribution is 0.0893. The molecule has 1 saturated heterocycles. The van der Waals surface area contributed by atoms with Crippen LogP contribution in [0.15, 0.2) is 35.5 Å². The molecule has 3 aromatic heterocycles. The number of imidazole rings is 1. The first-order valence-electron chi connectivity index (χ1n) is 8.79. The molecule has 28 heavy (non-hydrogen) atoms. The molecule has 0 bridgehead atoms. The molecule has 11 heteroatoms. The number of nitrogens with one attached hydrogen (secondary N) is 1. The summed E-state index contributed by atoms with van der Waals surface area (Å²) in [6.45, 7) is 1.81. The molecular weight excluding hydrogens is 427 g/mol. The summed E-state index contributed by atoms with van der Waals surface area (Å²) < 4.78 is 4.78. The van der Waals surface area contributed by atoms with Crippen molar-refractivity contribution in [3.8, 4) is 0 Å². The summed E-state index contributed by atoms with van der Waals surface area (Å²) in [6, 6.07) is 3.12. The van der Waals surface area contributed by atoms with Gasteiger partial charge in [-0.2, -0.15) is 0 Å². The molecule has 1 fully saturated rings. The van der Waals surface area contributed by atoms with Gasteiger partial charge in [-0.3, -0.25) is 9.36 Å². The largest absolute Gasteiger partial charge is 0.459 e. The Morgan fingerprint density at radius 2 is 1.96 bits per heavy atom. The number of piperidine rings is 1. The molecule has 4 heterocycles. The molecule has 0 aliphatic carbocycles. The Bertz CT molecular complexity index is 963. The van der Waals surface area contributed by atoms with Crippen LogP contribution in [0.4, 0.5) is 5.82 Å². The van der Waals surface area contributed by atoms with E-state index in [2.05, 4.69) is 25.2 Å². The van der Waals surface area contributed by atoms with Gasteiger partial charge in [0, 0.05) is 13.1 Å². The number of rotatable bonds is 4. The fraction of sp³-hybridized carbons (Fsp3) is 0.412. The summed E-state index contributed by atoms with van der Waals surface area (Å²) in [6.07, 6.45) is 6.68. The van der Waals surface area contributed by atoms with E-state index < -0.39 is 15.9 Å². The number of alkyl halides is 3. The first-order chi connectivity index (χ1) is 13.4. The van der Waals surface area contributed by atoms with Crippen molar-refractivity contribution in [1.82, 2.24) is 24.8 Å². The third kappa shape index (κ3) is 3.76. The number of nitrogens with zero attached hydrogens (tertiary/aromatic N) is 5. The van der Waals surface area contributed by atoms with Gasteiger partial charge in [-0.05, 0) is 31.4 Å². The Morgan fingerprint density at radius 1 is 1.18 bits per heavy atom. The third-order valence-electron chi connectivity index (χ3n) is 4.60. The van der Waals surface area contributed by atoms with Gasteiger partial charge < -0.3 is 14.6 Å². The first-order valence-corrected chi connectivity index (χ1v) is 9.92. The van der Waals surface area contributed by atoms with Crippen LogP contribution >= 0.6 is 34.8 Å². The van der Waals surface area contributed by atoms with Crippen LogP contribution in [-0.2, 0) is 0 Å². The Labute approximate surface area is 175 Å². The van der Waals surface area contributed by atoms with Gasteiger partial charge in [-0.15, -0.1) is 0 Å². The van der Waals surface area contributed by atoms with Gasteiger partial charge in [-0.25, -0.2) is 15.0 Å². The van der Waals surface area contributed by atoms with Crippen molar-refractivity contribution in [2.75, 3.05) is 18.0 Å². The molecule has 0 saturated carbocycles. The predicted molar refractivity (Wildman–Crippen MR) is 107 cm³/mol. The molecular formula is C17H17Cl3N6O2. The van der Waals surface area contributed by atoms with E-state index >= 15 is 0 Å². The number of carbonyl (C=O) groups excluding carboxylic acids is 1. The van der Waals surface area contributed by atoms with E-state index in [4.69, 9.17) is 39.2 Å². The highest BCUT2D eigenvalue weighted by atomic mass is 35.6. The van der Waals surface area contributed by atoms with E-state index in [0.29, 0.717) is 11.2 Å². The third-order valence-corrected chi connectivity index (χ3v) is 5.22. The van der Waals surface area contributed by atoms with Crippen molar-refractivity contribution >= 4 is 57.7 Å². The van der Waals surface area contributed by atoms with Crippen LogP contribution in [0.5, 0.6) is 0 Å². The highest BCUT2D eigenvalue weighted by molar-refractivity contribution is 6.68. The summed E-state index contributed by atoms with van der Waals surface area (Å²) >= 11 is 18.5. The van der Waals surface area contributed by atoms with Gasteiger partial charge in [0.25, 0.3) is 5.91 Å². The lowest BCUT2D eigenvalue weighted by Gasteiger charge is -2.28. The maximum absolute atomic E-state index is 12.5.